The molecule has 0 radical (unpaired) electrons. The molecule has 0 aliphatic carbocycles. The van der Waals surface area contributed by atoms with E-state index in [9.17, 15) is 13.2 Å². The summed E-state index contributed by atoms with van der Waals surface area (Å²) in [5.41, 5.74) is 0.182. The third-order valence-electron chi connectivity index (χ3n) is 3.28. The molecule has 0 spiro atoms. The van der Waals surface area contributed by atoms with Crippen molar-refractivity contribution in [3.8, 4) is 0 Å². The highest BCUT2D eigenvalue weighted by Crippen LogP contribution is 2.33. The molecule has 1 saturated heterocycles. The summed E-state index contributed by atoms with van der Waals surface area (Å²) in [4.78, 5) is 0. The van der Waals surface area contributed by atoms with Gasteiger partial charge in [0, 0.05) is 6.04 Å². The van der Waals surface area contributed by atoms with Gasteiger partial charge in [-0.25, -0.2) is 0 Å². The normalized spacial score (nSPS) is 25.9. The topological polar surface area (TPSA) is 12.0 Å². The summed E-state index contributed by atoms with van der Waals surface area (Å²) in [6.07, 6.45) is -2.26. The number of nitrogens with one attached hydrogen (secondary N) is 1. The molecule has 0 aromatic heterocycles. The summed E-state index contributed by atoms with van der Waals surface area (Å²) in [5.74, 6) is 0.566. The van der Waals surface area contributed by atoms with E-state index in [2.05, 4.69) is 12.2 Å². The Hall–Kier alpha value is -1.03. The van der Waals surface area contributed by atoms with Crippen molar-refractivity contribution in [3.05, 3.63) is 35.4 Å². The van der Waals surface area contributed by atoms with Crippen LogP contribution < -0.4 is 5.32 Å². The van der Waals surface area contributed by atoms with E-state index in [1.807, 2.05) is 0 Å². The fourth-order valence-electron chi connectivity index (χ4n) is 2.29. The summed E-state index contributed by atoms with van der Waals surface area (Å²) in [6, 6.07) is 5.69. The molecule has 0 bridgehead atoms. The molecule has 1 nitrogen and oxygen atoms in total. The summed E-state index contributed by atoms with van der Waals surface area (Å²) >= 11 is 0. The van der Waals surface area contributed by atoms with Crippen molar-refractivity contribution in [2.24, 2.45) is 5.92 Å². The summed E-state index contributed by atoms with van der Waals surface area (Å²) in [7, 11) is 0. The van der Waals surface area contributed by atoms with Gasteiger partial charge in [-0.15, -0.1) is 0 Å². The molecule has 2 atom stereocenters. The molecule has 94 valence electrons. The van der Waals surface area contributed by atoms with Crippen molar-refractivity contribution < 1.29 is 13.2 Å². The van der Waals surface area contributed by atoms with Gasteiger partial charge >= 0.3 is 6.18 Å². The molecule has 1 aliphatic rings. The van der Waals surface area contributed by atoms with Crippen LogP contribution in [0.3, 0.4) is 0 Å². The van der Waals surface area contributed by atoms with Crippen LogP contribution in [-0.2, 0) is 6.18 Å². The van der Waals surface area contributed by atoms with Gasteiger partial charge in [-0.05, 0) is 43.0 Å². The molecule has 1 aliphatic heterocycles. The molecule has 0 amide bonds. The molecule has 1 N–H and O–H groups in total. The first kappa shape index (κ1) is 12.4. The minimum absolute atomic E-state index is 0.0565. The highest BCUT2D eigenvalue weighted by molar-refractivity contribution is 5.28. The first-order chi connectivity index (χ1) is 7.97. The van der Waals surface area contributed by atoms with Gasteiger partial charge in [-0.1, -0.05) is 19.1 Å². The Labute approximate surface area is 99.0 Å². The largest absolute Gasteiger partial charge is 0.416 e. The predicted molar refractivity (Wildman–Crippen MR) is 60.6 cm³/mol. The highest BCUT2D eigenvalue weighted by Gasteiger charge is 2.31. The maximum atomic E-state index is 12.6. The van der Waals surface area contributed by atoms with Crippen LogP contribution in [0.2, 0.25) is 0 Å². The van der Waals surface area contributed by atoms with Crippen LogP contribution in [0.4, 0.5) is 13.2 Å². The molecule has 1 aromatic rings. The molecule has 17 heavy (non-hydrogen) atoms. The first-order valence-corrected chi connectivity index (χ1v) is 5.87. The first-order valence-electron chi connectivity index (χ1n) is 5.87. The van der Waals surface area contributed by atoms with Crippen molar-refractivity contribution >= 4 is 0 Å². The number of hydrogen-bond donors (Lipinski definition) is 1. The minimum atomic E-state index is -4.25. The Morgan fingerprint density at radius 1 is 1.29 bits per heavy atom. The lowest BCUT2D eigenvalue weighted by molar-refractivity contribution is -0.137. The lowest BCUT2D eigenvalue weighted by atomic mass is 9.89. The molecule has 1 heterocycles. The molecular weight excluding hydrogens is 227 g/mol. The predicted octanol–water partition coefficient (Wildman–Crippen LogP) is 3.77. The molecule has 4 heteroatoms. The average molecular weight is 243 g/mol. The third kappa shape index (κ3) is 3.00. The van der Waals surface area contributed by atoms with Crippen LogP contribution in [0.1, 0.15) is 36.9 Å². The zero-order chi connectivity index (χ0) is 12.5. The lowest BCUT2D eigenvalue weighted by Crippen LogP contribution is -2.30. The smallest absolute Gasteiger partial charge is 0.310 e. The van der Waals surface area contributed by atoms with Gasteiger partial charge in [0.2, 0.25) is 0 Å². The third-order valence-corrected chi connectivity index (χ3v) is 3.28. The Morgan fingerprint density at radius 2 is 2.06 bits per heavy atom. The van der Waals surface area contributed by atoms with E-state index in [1.165, 1.54) is 12.1 Å². The maximum Gasteiger partial charge on any atom is 0.416 e. The van der Waals surface area contributed by atoms with E-state index < -0.39 is 11.7 Å². The van der Waals surface area contributed by atoms with Gasteiger partial charge in [0.05, 0.1) is 5.56 Å². The van der Waals surface area contributed by atoms with E-state index in [1.54, 1.807) is 6.07 Å². The summed E-state index contributed by atoms with van der Waals surface area (Å²) < 4.78 is 37.8. The number of piperidine rings is 1. The van der Waals surface area contributed by atoms with Gasteiger partial charge in [0.15, 0.2) is 0 Å². The van der Waals surface area contributed by atoms with Crippen molar-refractivity contribution in [1.82, 2.24) is 5.32 Å². The number of halogens is 3. The van der Waals surface area contributed by atoms with Crippen molar-refractivity contribution in [3.63, 3.8) is 0 Å². The van der Waals surface area contributed by atoms with Gasteiger partial charge in [0.25, 0.3) is 0 Å². The number of hydrogen-bond acceptors (Lipinski definition) is 1. The maximum absolute atomic E-state index is 12.6. The minimum Gasteiger partial charge on any atom is -0.310 e. The van der Waals surface area contributed by atoms with E-state index >= 15 is 0 Å². The van der Waals surface area contributed by atoms with E-state index in [-0.39, 0.29) is 6.04 Å². The lowest BCUT2D eigenvalue weighted by Gasteiger charge is -2.28. The second-order valence-electron chi connectivity index (χ2n) is 4.76. The van der Waals surface area contributed by atoms with E-state index in [0.29, 0.717) is 5.92 Å². The zero-order valence-electron chi connectivity index (χ0n) is 9.72. The molecule has 1 fully saturated rings. The quantitative estimate of drug-likeness (QED) is 0.791. The molecular formula is C13H16F3N. The zero-order valence-corrected chi connectivity index (χ0v) is 9.72. The van der Waals surface area contributed by atoms with Crippen LogP contribution in [0, 0.1) is 5.92 Å². The van der Waals surface area contributed by atoms with Gasteiger partial charge in [0.1, 0.15) is 0 Å². The van der Waals surface area contributed by atoms with Crippen LogP contribution >= 0.6 is 0 Å². The SMILES string of the molecule is CC1CCNC(c2cccc(C(F)(F)F)c2)C1. The van der Waals surface area contributed by atoms with Gasteiger partial charge in [-0.2, -0.15) is 13.2 Å². The molecule has 2 unspecified atom stereocenters. The highest BCUT2D eigenvalue weighted by atomic mass is 19.4. The van der Waals surface area contributed by atoms with Gasteiger partial charge in [-0.3, -0.25) is 0 Å². The Morgan fingerprint density at radius 3 is 2.71 bits per heavy atom. The van der Waals surface area contributed by atoms with Crippen molar-refractivity contribution in [1.29, 1.82) is 0 Å². The second-order valence-corrected chi connectivity index (χ2v) is 4.76. The van der Waals surface area contributed by atoms with Crippen LogP contribution in [-0.4, -0.2) is 6.54 Å². The van der Waals surface area contributed by atoms with Gasteiger partial charge < -0.3 is 5.32 Å². The Balaban J connectivity index is 2.21. The molecule has 1 aromatic carbocycles. The number of alkyl halides is 3. The summed E-state index contributed by atoms with van der Waals surface area (Å²) in [5, 5.41) is 3.28. The Bertz CT molecular complexity index is 386. The fraction of sp³-hybridized carbons (Fsp3) is 0.538. The standard InChI is InChI=1S/C13H16F3N/c1-9-5-6-17-12(7-9)10-3-2-4-11(8-10)13(14,15)16/h2-4,8-9,12,17H,5-7H2,1H3. The van der Waals surface area contributed by atoms with E-state index in [0.717, 1.165) is 31.0 Å². The van der Waals surface area contributed by atoms with Crippen LogP contribution in [0.15, 0.2) is 24.3 Å². The fourth-order valence-corrected chi connectivity index (χ4v) is 2.29. The number of rotatable bonds is 1. The van der Waals surface area contributed by atoms with Crippen LogP contribution in [0.5, 0.6) is 0 Å². The monoisotopic (exact) mass is 243 g/mol. The van der Waals surface area contributed by atoms with E-state index in [4.69, 9.17) is 0 Å². The van der Waals surface area contributed by atoms with Crippen LogP contribution in [0.25, 0.3) is 0 Å². The Kier molecular flexibility index (Phi) is 3.43. The summed E-state index contributed by atoms with van der Waals surface area (Å²) in [6.45, 7) is 3.02. The second kappa shape index (κ2) is 4.69. The molecule has 2 rings (SSSR count). The van der Waals surface area contributed by atoms with Crippen molar-refractivity contribution in [2.75, 3.05) is 6.54 Å². The average Bonchev–Trinajstić information content (AvgIpc) is 2.28. The molecule has 0 saturated carbocycles. The van der Waals surface area contributed by atoms with Crippen molar-refractivity contribution in [2.45, 2.75) is 32.0 Å². The number of benzene rings is 1.